The molecule has 0 bridgehead atoms. The molecule has 1 saturated heterocycles. The van der Waals surface area contributed by atoms with Crippen LogP contribution in [0.5, 0.6) is 0 Å². The van der Waals surface area contributed by atoms with Crippen LogP contribution >= 0.6 is 0 Å². The van der Waals surface area contributed by atoms with Gasteiger partial charge >= 0.3 is 6.09 Å². The van der Waals surface area contributed by atoms with Crippen molar-refractivity contribution in [1.29, 1.82) is 0 Å². The second-order valence-electron chi connectivity index (χ2n) is 5.36. The summed E-state index contributed by atoms with van der Waals surface area (Å²) in [4.78, 5) is 13.7. The zero-order valence-corrected chi connectivity index (χ0v) is 10.8. The highest BCUT2D eigenvalue weighted by atomic mass is 16.6. The largest absolute Gasteiger partial charge is 0.450 e. The van der Waals surface area contributed by atoms with E-state index >= 15 is 0 Å². The van der Waals surface area contributed by atoms with Crippen molar-refractivity contribution >= 4 is 6.09 Å². The summed E-state index contributed by atoms with van der Waals surface area (Å²) in [5.41, 5.74) is 0. The zero-order chi connectivity index (χ0) is 12.4. The van der Waals surface area contributed by atoms with Gasteiger partial charge in [0.05, 0.1) is 12.7 Å². The van der Waals surface area contributed by atoms with Crippen molar-refractivity contribution in [3.63, 3.8) is 0 Å². The van der Waals surface area contributed by atoms with Crippen LogP contribution in [0.3, 0.4) is 0 Å². The number of carbonyl (C=O) groups excluding carboxylic acids is 1. The molecular formula is C13H23NO3. The third-order valence-electron chi connectivity index (χ3n) is 4.13. The standard InChI is InChI=1S/C13H23NO3/c1-3-17-13(16)14-8-10-5-4-6-11(10)12(14)7-9(2)15/h9-12,15H,3-8H2,1-2H3. The van der Waals surface area contributed by atoms with E-state index in [1.54, 1.807) is 6.92 Å². The Bertz CT molecular complexity index is 280. The summed E-state index contributed by atoms with van der Waals surface area (Å²) in [7, 11) is 0. The number of nitrogens with zero attached hydrogens (tertiary/aromatic N) is 1. The molecule has 4 nitrogen and oxygen atoms in total. The Kier molecular flexibility index (Phi) is 3.92. The Morgan fingerprint density at radius 1 is 1.53 bits per heavy atom. The molecule has 1 N–H and O–H groups in total. The average Bonchev–Trinajstić information content (AvgIpc) is 2.80. The van der Waals surface area contributed by atoms with E-state index in [-0.39, 0.29) is 18.2 Å². The molecule has 1 aliphatic carbocycles. The van der Waals surface area contributed by atoms with Crippen LogP contribution in [-0.2, 0) is 4.74 Å². The summed E-state index contributed by atoms with van der Waals surface area (Å²) in [6.07, 6.45) is 3.81. The van der Waals surface area contributed by atoms with Crippen molar-refractivity contribution in [2.75, 3.05) is 13.2 Å². The fourth-order valence-electron chi connectivity index (χ4n) is 3.49. The van der Waals surface area contributed by atoms with Gasteiger partial charge in [-0.1, -0.05) is 6.42 Å². The van der Waals surface area contributed by atoms with E-state index in [9.17, 15) is 9.90 Å². The number of fused-ring (bicyclic) bond motifs is 1. The number of carbonyl (C=O) groups is 1. The highest BCUT2D eigenvalue weighted by Crippen LogP contribution is 2.43. The molecule has 4 heteroatoms. The fourth-order valence-corrected chi connectivity index (χ4v) is 3.49. The maximum atomic E-state index is 11.9. The van der Waals surface area contributed by atoms with Gasteiger partial charge in [0, 0.05) is 12.6 Å². The van der Waals surface area contributed by atoms with Crippen LogP contribution in [0.25, 0.3) is 0 Å². The van der Waals surface area contributed by atoms with Crippen molar-refractivity contribution in [1.82, 2.24) is 4.90 Å². The number of amides is 1. The molecule has 4 atom stereocenters. The molecule has 2 rings (SSSR count). The van der Waals surface area contributed by atoms with Gasteiger partial charge in [0.25, 0.3) is 0 Å². The SMILES string of the molecule is CCOC(=O)N1CC2CCCC2C1CC(C)O. The lowest BCUT2D eigenvalue weighted by Gasteiger charge is -2.28. The van der Waals surface area contributed by atoms with Gasteiger partial charge < -0.3 is 14.7 Å². The van der Waals surface area contributed by atoms with Crippen LogP contribution in [0.4, 0.5) is 4.79 Å². The Labute approximate surface area is 103 Å². The average molecular weight is 241 g/mol. The summed E-state index contributed by atoms with van der Waals surface area (Å²) in [6.45, 7) is 4.87. The van der Waals surface area contributed by atoms with Crippen molar-refractivity contribution in [2.45, 2.75) is 51.7 Å². The lowest BCUT2D eigenvalue weighted by Crippen LogP contribution is -2.40. The number of ether oxygens (including phenoxy) is 1. The number of likely N-dealkylation sites (tertiary alicyclic amines) is 1. The number of aliphatic hydroxyl groups excluding tert-OH is 1. The molecule has 1 amide bonds. The van der Waals surface area contributed by atoms with Crippen LogP contribution in [0.2, 0.25) is 0 Å². The van der Waals surface area contributed by atoms with Gasteiger partial charge in [-0.05, 0) is 44.9 Å². The van der Waals surface area contributed by atoms with E-state index in [4.69, 9.17) is 4.74 Å². The molecule has 0 radical (unpaired) electrons. The summed E-state index contributed by atoms with van der Waals surface area (Å²) in [6, 6.07) is 0.182. The third kappa shape index (κ3) is 2.57. The van der Waals surface area contributed by atoms with Crippen LogP contribution in [-0.4, -0.2) is 41.4 Å². The first-order chi connectivity index (χ1) is 8.13. The molecule has 1 saturated carbocycles. The number of hydrogen-bond acceptors (Lipinski definition) is 3. The predicted molar refractivity (Wildman–Crippen MR) is 64.6 cm³/mol. The minimum Gasteiger partial charge on any atom is -0.450 e. The lowest BCUT2D eigenvalue weighted by molar-refractivity contribution is 0.0797. The monoisotopic (exact) mass is 241 g/mol. The molecular weight excluding hydrogens is 218 g/mol. The van der Waals surface area contributed by atoms with E-state index in [1.165, 1.54) is 19.3 Å². The molecule has 0 aromatic heterocycles. The second kappa shape index (κ2) is 5.25. The zero-order valence-electron chi connectivity index (χ0n) is 10.8. The summed E-state index contributed by atoms with van der Waals surface area (Å²) >= 11 is 0. The first-order valence-corrected chi connectivity index (χ1v) is 6.75. The highest BCUT2D eigenvalue weighted by Gasteiger charge is 2.46. The highest BCUT2D eigenvalue weighted by molar-refractivity contribution is 5.68. The first-order valence-electron chi connectivity index (χ1n) is 6.75. The first kappa shape index (κ1) is 12.7. The van der Waals surface area contributed by atoms with Crippen LogP contribution in [0.1, 0.15) is 39.5 Å². The Balaban J connectivity index is 2.06. The van der Waals surface area contributed by atoms with Gasteiger partial charge in [0.15, 0.2) is 0 Å². The fraction of sp³-hybridized carbons (Fsp3) is 0.923. The van der Waals surface area contributed by atoms with E-state index in [2.05, 4.69) is 0 Å². The summed E-state index contributed by atoms with van der Waals surface area (Å²) < 4.78 is 5.11. The molecule has 0 aromatic carbocycles. The van der Waals surface area contributed by atoms with Crippen molar-refractivity contribution in [3.05, 3.63) is 0 Å². The van der Waals surface area contributed by atoms with E-state index in [1.807, 2.05) is 11.8 Å². The molecule has 17 heavy (non-hydrogen) atoms. The normalized spacial score (nSPS) is 33.6. The lowest BCUT2D eigenvalue weighted by atomic mass is 9.91. The smallest absolute Gasteiger partial charge is 0.410 e. The predicted octanol–water partition coefficient (Wildman–Crippen LogP) is 2.01. The van der Waals surface area contributed by atoms with Crippen LogP contribution in [0.15, 0.2) is 0 Å². The minimum atomic E-state index is -0.351. The number of aliphatic hydroxyl groups is 1. The van der Waals surface area contributed by atoms with E-state index in [0.717, 1.165) is 6.54 Å². The molecule has 0 spiro atoms. The van der Waals surface area contributed by atoms with Gasteiger partial charge in [-0.2, -0.15) is 0 Å². The number of hydrogen-bond donors (Lipinski definition) is 1. The topological polar surface area (TPSA) is 49.8 Å². The molecule has 0 aromatic rings. The summed E-state index contributed by atoms with van der Waals surface area (Å²) in [5.74, 6) is 1.21. The van der Waals surface area contributed by atoms with Gasteiger partial charge in [0.2, 0.25) is 0 Å². The van der Waals surface area contributed by atoms with E-state index in [0.29, 0.717) is 24.9 Å². The molecule has 98 valence electrons. The van der Waals surface area contributed by atoms with E-state index < -0.39 is 0 Å². The molecule has 1 heterocycles. The van der Waals surface area contributed by atoms with Crippen molar-refractivity contribution in [3.8, 4) is 0 Å². The van der Waals surface area contributed by atoms with Crippen LogP contribution in [0, 0.1) is 11.8 Å². The maximum absolute atomic E-state index is 11.9. The molecule has 4 unspecified atom stereocenters. The van der Waals surface area contributed by atoms with Gasteiger partial charge in [-0.3, -0.25) is 0 Å². The van der Waals surface area contributed by atoms with Gasteiger partial charge in [0.1, 0.15) is 0 Å². The minimum absolute atomic E-state index is 0.182. The van der Waals surface area contributed by atoms with Crippen molar-refractivity contribution in [2.24, 2.45) is 11.8 Å². The van der Waals surface area contributed by atoms with Gasteiger partial charge in [-0.15, -0.1) is 0 Å². The quantitative estimate of drug-likeness (QED) is 0.822. The number of rotatable bonds is 3. The molecule has 2 aliphatic rings. The summed E-state index contributed by atoms with van der Waals surface area (Å²) in [5, 5.41) is 9.58. The maximum Gasteiger partial charge on any atom is 0.410 e. The third-order valence-corrected chi connectivity index (χ3v) is 4.13. The van der Waals surface area contributed by atoms with Crippen LogP contribution < -0.4 is 0 Å². The van der Waals surface area contributed by atoms with Gasteiger partial charge in [-0.25, -0.2) is 4.79 Å². The molecule has 2 fully saturated rings. The Morgan fingerprint density at radius 3 is 2.94 bits per heavy atom. The van der Waals surface area contributed by atoms with Crippen molar-refractivity contribution < 1.29 is 14.6 Å². The molecule has 1 aliphatic heterocycles. The second-order valence-corrected chi connectivity index (χ2v) is 5.36. The Hall–Kier alpha value is -0.770. The Morgan fingerprint density at radius 2 is 2.29 bits per heavy atom.